The molecule has 0 saturated heterocycles. The fourth-order valence-corrected chi connectivity index (χ4v) is 4.67. The highest BCUT2D eigenvalue weighted by Gasteiger charge is 2.30. The summed E-state index contributed by atoms with van der Waals surface area (Å²) in [6.07, 6.45) is 5.46. The van der Waals surface area contributed by atoms with E-state index in [1.807, 2.05) is 6.92 Å². The molecule has 0 aromatic carbocycles. The van der Waals surface area contributed by atoms with E-state index in [4.69, 9.17) is 14.6 Å². The second-order valence-electron chi connectivity index (χ2n) is 10.7. The number of carboxylic acids is 2. The summed E-state index contributed by atoms with van der Waals surface area (Å²) < 4.78 is 10.6. The number of nitrogens with one attached hydrogen (secondary N) is 2. The van der Waals surface area contributed by atoms with Gasteiger partial charge in [-0.1, -0.05) is 13.3 Å². The maximum atomic E-state index is 12.8. The summed E-state index contributed by atoms with van der Waals surface area (Å²) in [6, 6.07) is 0. The lowest BCUT2D eigenvalue weighted by Gasteiger charge is -2.28. The molecular formula is C29H48N2O10. The first kappa shape index (κ1) is 36.2. The van der Waals surface area contributed by atoms with Gasteiger partial charge in [-0.05, 0) is 50.9 Å². The van der Waals surface area contributed by atoms with E-state index in [2.05, 4.69) is 10.6 Å². The van der Waals surface area contributed by atoms with Gasteiger partial charge in [-0.2, -0.15) is 0 Å². The maximum Gasteiger partial charge on any atom is 0.306 e. The average molecular weight is 585 g/mol. The number of amides is 2. The van der Waals surface area contributed by atoms with Crippen LogP contribution in [0.1, 0.15) is 90.4 Å². The number of hydrogen-bond acceptors (Lipinski definition) is 8. The molecule has 0 spiro atoms. The van der Waals surface area contributed by atoms with Crippen molar-refractivity contribution in [1.82, 2.24) is 10.6 Å². The summed E-state index contributed by atoms with van der Waals surface area (Å²) in [5, 5.41) is 23.7. The molecule has 12 heteroatoms. The highest BCUT2D eigenvalue weighted by molar-refractivity contribution is 5.86. The Labute approximate surface area is 242 Å². The molecule has 1 aliphatic rings. The minimum Gasteiger partial charge on any atom is -0.481 e. The van der Waals surface area contributed by atoms with E-state index < -0.39 is 17.9 Å². The molecule has 0 bridgehead atoms. The van der Waals surface area contributed by atoms with Gasteiger partial charge in [0.25, 0.3) is 0 Å². The summed E-state index contributed by atoms with van der Waals surface area (Å²) in [4.78, 5) is 70.5. The number of aliphatic carboxylic acids is 2. The van der Waals surface area contributed by atoms with Crippen molar-refractivity contribution in [3.63, 3.8) is 0 Å². The summed E-state index contributed by atoms with van der Waals surface area (Å²) >= 11 is 0. The van der Waals surface area contributed by atoms with Crippen molar-refractivity contribution < 1.29 is 48.5 Å². The third-order valence-electron chi connectivity index (χ3n) is 7.21. The maximum absolute atomic E-state index is 12.8. The Morgan fingerprint density at radius 3 is 2.15 bits per heavy atom. The fourth-order valence-electron chi connectivity index (χ4n) is 4.67. The Morgan fingerprint density at radius 1 is 0.805 bits per heavy atom. The molecule has 1 rings (SSSR count). The Morgan fingerprint density at radius 2 is 1.49 bits per heavy atom. The zero-order valence-corrected chi connectivity index (χ0v) is 24.3. The Balaban J connectivity index is 2.19. The zero-order valence-electron chi connectivity index (χ0n) is 24.3. The van der Waals surface area contributed by atoms with E-state index >= 15 is 0 Å². The van der Waals surface area contributed by atoms with Crippen molar-refractivity contribution in [2.24, 2.45) is 17.8 Å². The number of Topliss-reactive ketones (excluding diaryl/α,β-unsaturated/α-hetero) is 2. The SMILES string of the molecule is CCCCC(=O)COCCOCCNC(=O)CCC(CC(=O)C1CCC(CNC(=O)CCCC(=O)O)CC1)C(=O)O. The molecule has 1 aliphatic carbocycles. The second-order valence-corrected chi connectivity index (χ2v) is 10.7. The molecule has 41 heavy (non-hydrogen) atoms. The van der Waals surface area contributed by atoms with Gasteiger partial charge in [0.2, 0.25) is 11.8 Å². The van der Waals surface area contributed by atoms with Crippen LogP contribution in [0.15, 0.2) is 0 Å². The number of rotatable bonds is 24. The predicted octanol–water partition coefficient (Wildman–Crippen LogP) is 2.51. The van der Waals surface area contributed by atoms with E-state index in [0.717, 1.165) is 25.7 Å². The van der Waals surface area contributed by atoms with Crippen molar-refractivity contribution >= 4 is 35.3 Å². The largest absolute Gasteiger partial charge is 0.481 e. The van der Waals surface area contributed by atoms with Gasteiger partial charge < -0.3 is 30.3 Å². The van der Waals surface area contributed by atoms with Gasteiger partial charge in [0, 0.05) is 51.1 Å². The number of unbranched alkanes of at least 4 members (excludes halogenated alkanes) is 1. The van der Waals surface area contributed by atoms with Crippen LogP contribution in [0.25, 0.3) is 0 Å². The lowest BCUT2D eigenvalue weighted by atomic mass is 9.78. The van der Waals surface area contributed by atoms with Crippen molar-refractivity contribution in [3.8, 4) is 0 Å². The first-order valence-corrected chi connectivity index (χ1v) is 14.8. The van der Waals surface area contributed by atoms with Crippen molar-refractivity contribution in [1.29, 1.82) is 0 Å². The zero-order chi connectivity index (χ0) is 30.5. The summed E-state index contributed by atoms with van der Waals surface area (Å²) in [5.41, 5.74) is 0. The molecule has 0 heterocycles. The van der Waals surface area contributed by atoms with Crippen molar-refractivity contribution in [2.75, 3.05) is 39.5 Å². The molecule has 1 fully saturated rings. The smallest absolute Gasteiger partial charge is 0.306 e. The first-order valence-electron chi connectivity index (χ1n) is 14.8. The normalized spacial score (nSPS) is 17.4. The molecule has 1 atom stereocenters. The third kappa shape index (κ3) is 18.2. The van der Waals surface area contributed by atoms with Crippen LogP contribution in [0, 0.1) is 17.8 Å². The molecule has 4 N–H and O–H groups in total. The molecule has 2 amide bonds. The van der Waals surface area contributed by atoms with E-state index in [1.165, 1.54) is 0 Å². The van der Waals surface area contributed by atoms with Crippen molar-refractivity contribution in [3.05, 3.63) is 0 Å². The fraction of sp³-hybridized carbons (Fsp3) is 0.793. The molecule has 12 nitrogen and oxygen atoms in total. The summed E-state index contributed by atoms with van der Waals surface area (Å²) in [6.45, 7) is 3.69. The Hall–Kier alpha value is -2.86. The minimum atomic E-state index is -1.10. The molecule has 0 aliphatic heterocycles. The molecule has 1 unspecified atom stereocenters. The first-order chi connectivity index (χ1) is 19.6. The van der Waals surface area contributed by atoms with Crippen LogP contribution >= 0.6 is 0 Å². The lowest BCUT2D eigenvalue weighted by molar-refractivity contribution is -0.145. The number of carbonyl (C=O) groups excluding carboxylic acids is 4. The third-order valence-corrected chi connectivity index (χ3v) is 7.21. The van der Waals surface area contributed by atoms with Gasteiger partial charge in [-0.3, -0.25) is 28.8 Å². The van der Waals surface area contributed by atoms with E-state index in [-0.39, 0.29) is 93.7 Å². The number of carbonyl (C=O) groups is 6. The number of ether oxygens (including phenoxy) is 2. The molecular weight excluding hydrogens is 536 g/mol. The van der Waals surface area contributed by atoms with Gasteiger partial charge in [0.05, 0.1) is 25.7 Å². The van der Waals surface area contributed by atoms with Crippen LogP contribution in [0.3, 0.4) is 0 Å². The molecule has 234 valence electrons. The topological polar surface area (TPSA) is 185 Å². The highest BCUT2D eigenvalue weighted by Crippen LogP contribution is 2.31. The van der Waals surface area contributed by atoms with Crippen LogP contribution in [0.4, 0.5) is 0 Å². The molecule has 1 saturated carbocycles. The lowest BCUT2D eigenvalue weighted by Crippen LogP contribution is -2.33. The quantitative estimate of drug-likeness (QED) is 0.123. The minimum absolute atomic E-state index is 0.00780. The monoisotopic (exact) mass is 584 g/mol. The molecule has 0 aromatic rings. The number of ketones is 2. The number of hydrogen-bond donors (Lipinski definition) is 4. The predicted molar refractivity (Wildman–Crippen MR) is 149 cm³/mol. The van der Waals surface area contributed by atoms with E-state index in [9.17, 15) is 33.9 Å². The Bertz CT molecular complexity index is 839. The van der Waals surface area contributed by atoms with Crippen LogP contribution < -0.4 is 10.6 Å². The van der Waals surface area contributed by atoms with Crippen LogP contribution in [0.2, 0.25) is 0 Å². The van der Waals surface area contributed by atoms with Gasteiger partial charge in [0.1, 0.15) is 12.4 Å². The van der Waals surface area contributed by atoms with Crippen LogP contribution in [-0.2, 0) is 38.2 Å². The second kappa shape index (κ2) is 21.8. The molecule has 0 aromatic heterocycles. The summed E-state index contributed by atoms with van der Waals surface area (Å²) in [5.74, 6) is -3.46. The van der Waals surface area contributed by atoms with Crippen LogP contribution in [-0.4, -0.2) is 85.0 Å². The number of carboxylic acid groups (broad SMARTS) is 2. The van der Waals surface area contributed by atoms with Gasteiger partial charge in [0.15, 0.2) is 5.78 Å². The standard InChI is InChI=1S/C29H48N2O10/c1-2-3-5-24(32)20-41-17-16-40-15-14-30-27(35)13-12-23(29(38)39)18-25(33)22-10-8-21(9-11-22)19-31-26(34)6-4-7-28(36)37/h21-23H,2-20H2,1H3,(H,30,35)(H,31,34)(H,36,37)(H,38,39). The van der Waals surface area contributed by atoms with E-state index in [1.54, 1.807) is 0 Å². The average Bonchev–Trinajstić information content (AvgIpc) is 2.94. The van der Waals surface area contributed by atoms with E-state index in [0.29, 0.717) is 38.8 Å². The van der Waals surface area contributed by atoms with Crippen LogP contribution in [0.5, 0.6) is 0 Å². The summed E-state index contributed by atoms with van der Waals surface area (Å²) in [7, 11) is 0. The van der Waals surface area contributed by atoms with Gasteiger partial charge >= 0.3 is 11.9 Å². The molecule has 0 radical (unpaired) electrons. The van der Waals surface area contributed by atoms with Crippen molar-refractivity contribution in [2.45, 2.75) is 90.4 Å². The Kier molecular flexibility index (Phi) is 19.3. The van der Waals surface area contributed by atoms with Gasteiger partial charge in [-0.15, -0.1) is 0 Å². The highest BCUT2D eigenvalue weighted by atomic mass is 16.5. The van der Waals surface area contributed by atoms with Gasteiger partial charge in [-0.25, -0.2) is 0 Å².